The molecule has 0 bridgehead atoms. The fourth-order valence-electron chi connectivity index (χ4n) is 1.99. The van der Waals surface area contributed by atoms with E-state index in [9.17, 15) is 25.9 Å². The second-order valence-corrected chi connectivity index (χ2v) is 7.00. The fourth-order valence-corrected chi connectivity index (χ4v) is 3.41. The quantitative estimate of drug-likeness (QED) is 0.393. The smallest absolute Gasteiger partial charge is 0.744 e. The van der Waals surface area contributed by atoms with Gasteiger partial charge in [0.25, 0.3) is 0 Å². The normalized spacial score (nSPS) is 11.2. The van der Waals surface area contributed by atoms with Gasteiger partial charge in [-0.1, -0.05) is 36.4 Å². The van der Waals surface area contributed by atoms with E-state index >= 15 is 0 Å². The molecule has 112 valence electrons. The summed E-state index contributed by atoms with van der Waals surface area (Å²) in [6.45, 7) is 0. The Morgan fingerprint density at radius 2 is 0.957 bits per heavy atom. The van der Waals surface area contributed by atoms with Crippen molar-refractivity contribution in [1.82, 2.24) is 0 Å². The van der Waals surface area contributed by atoms with Gasteiger partial charge in [-0.15, -0.1) is 0 Å². The molecule has 0 N–H and O–H groups in total. The average molecular weight is 372 g/mol. The summed E-state index contributed by atoms with van der Waals surface area (Å²) in [7, 11) is -9.36. The van der Waals surface area contributed by atoms with Gasteiger partial charge in [-0.2, -0.15) is 0 Å². The summed E-state index contributed by atoms with van der Waals surface area (Å²) in [6, 6.07) is 10.9. The Labute approximate surface area is 179 Å². The molecule has 0 saturated carbocycles. The number of benzene rings is 2. The van der Waals surface area contributed by atoms with Gasteiger partial charge in [-0.25, -0.2) is 16.8 Å². The Morgan fingerprint density at radius 1 is 0.652 bits per heavy atom. The zero-order valence-electron chi connectivity index (χ0n) is 12.6. The van der Waals surface area contributed by atoms with Crippen LogP contribution in [0.25, 0.3) is 0 Å². The molecule has 0 aliphatic carbocycles. The van der Waals surface area contributed by atoms with Crippen LogP contribution in [0, 0.1) is 0 Å². The van der Waals surface area contributed by atoms with E-state index in [1.807, 2.05) is 0 Å². The van der Waals surface area contributed by atoms with Crippen molar-refractivity contribution in [2.24, 2.45) is 0 Å². The zero-order chi connectivity index (χ0) is 15.7. The first-order chi connectivity index (χ1) is 9.69. The molecule has 0 spiro atoms. The van der Waals surface area contributed by atoms with Gasteiger partial charge >= 0.3 is 59.1 Å². The summed E-state index contributed by atoms with van der Waals surface area (Å²) in [5.74, 6) is 0. The molecule has 0 aliphatic rings. The maximum atomic E-state index is 11.2. The van der Waals surface area contributed by atoms with E-state index in [0.29, 0.717) is 0 Å². The third-order valence-corrected chi connectivity index (χ3v) is 4.74. The van der Waals surface area contributed by atoms with Gasteiger partial charge < -0.3 is 9.11 Å². The van der Waals surface area contributed by atoms with Crippen molar-refractivity contribution in [3.05, 3.63) is 59.7 Å². The molecule has 0 saturated heterocycles. The molecule has 0 fully saturated rings. The molecule has 0 aromatic heterocycles. The van der Waals surface area contributed by atoms with Gasteiger partial charge in [-0.3, -0.25) is 0 Å². The summed E-state index contributed by atoms with van der Waals surface area (Å²) in [5.41, 5.74) is 0.284. The Hall–Kier alpha value is 0.260. The van der Waals surface area contributed by atoms with Crippen LogP contribution >= 0.6 is 0 Å². The van der Waals surface area contributed by atoms with Crippen LogP contribution in [0.5, 0.6) is 0 Å². The SMILES string of the molecule is O=S(=O)([O-])c1ccccc1Cc1ccccc1S(=O)(=O)[O-].[Na+].[Na+]. The first-order valence-corrected chi connectivity index (χ1v) is 8.59. The van der Waals surface area contributed by atoms with E-state index in [1.165, 1.54) is 36.4 Å². The number of rotatable bonds is 4. The van der Waals surface area contributed by atoms with Gasteiger partial charge in [0.1, 0.15) is 20.2 Å². The summed E-state index contributed by atoms with van der Waals surface area (Å²) in [5, 5.41) is 0. The van der Waals surface area contributed by atoms with Gasteiger partial charge in [0.15, 0.2) is 0 Å². The van der Waals surface area contributed by atoms with Crippen molar-refractivity contribution < 1.29 is 85.1 Å². The van der Waals surface area contributed by atoms with Crippen molar-refractivity contribution in [2.45, 2.75) is 16.2 Å². The molecule has 6 nitrogen and oxygen atoms in total. The molecule has 2 aromatic rings. The van der Waals surface area contributed by atoms with Crippen LogP contribution < -0.4 is 59.1 Å². The van der Waals surface area contributed by atoms with E-state index < -0.39 is 30.0 Å². The second kappa shape index (κ2) is 9.10. The monoisotopic (exact) mass is 372 g/mol. The van der Waals surface area contributed by atoms with Crippen LogP contribution in [0.3, 0.4) is 0 Å². The Kier molecular flexibility index (Phi) is 9.20. The first-order valence-electron chi connectivity index (χ1n) is 5.77. The Morgan fingerprint density at radius 3 is 1.26 bits per heavy atom. The Balaban J connectivity index is 0.00000242. The van der Waals surface area contributed by atoms with Crippen molar-refractivity contribution in [2.75, 3.05) is 0 Å². The van der Waals surface area contributed by atoms with Crippen LogP contribution in [-0.4, -0.2) is 25.9 Å². The van der Waals surface area contributed by atoms with Gasteiger partial charge in [0.2, 0.25) is 0 Å². The maximum absolute atomic E-state index is 11.2. The van der Waals surface area contributed by atoms with Crippen molar-refractivity contribution >= 4 is 20.2 Å². The van der Waals surface area contributed by atoms with Crippen LogP contribution in [0.4, 0.5) is 0 Å². The van der Waals surface area contributed by atoms with E-state index in [1.54, 1.807) is 0 Å². The third kappa shape index (κ3) is 6.24. The first kappa shape index (κ1) is 23.3. The fraction of sp³-hybridized carbons (Fsp3) is 0.0769. The Bertz CT molecular complexity index is 805. The van der Waals surface area contributed by atoms with Gasteiger partial charge in [0, 0.05) is 0 Å². The number of hydrogen-bond donors (Lipinski definition) is 0. The topological polar surface area (TPSA) is 114 Å². The molecule has 0 radical (unpaired) electrons. The molecule has 0 amide bonds. The molecule has 0 heterocycles. The molecule has 0 aliphatic heterocycles. The molecule has 0 atom stereocenters. The largest absolute Gasteiger partial charge is 1.00 e. The predicted molar refractivity (Wildman–Crippen MR) is 71.6 cm³/mol. The molecule has 0 unspecified atom stereocenters. The number of hydrogen-bond acceptors (Lipinski definition) is 6. The third-order valence-electron chi connectivity index (χ3n) is 2.86. The van der Waals surface area contributed by atoms with E-state index in [2.05, 4.69) is 0 Å². The predicted octanol–water partition coefficient (Wildman–Crippen LogP) is -4.91. The minimum Gasteiger partial charge on any atom is -0.744 e. The van der Waals surface area contributed by atoms with Crippen LogP contribution in [0.1, 0.15) is 11.1 Å². The van der Waals surface area contributed by atoms with Gasteiger partial charge in [-0.05, 0) is 29.7 Å². The molecular weight excluding hydrogens is 362 g/mol. The summed E-state index contributed by atoms with van der Waals surface area (Å²) in [6.07, 6.45) is -0.144. The average Bonchev–Trinajstić information content (AvgIpc) is 2.37. The van der Waals surface area contributed by atoms with Crippen molar-refractivity contribution in [3.8, 4) is 0 Å². The molecule has 23 heavy (non-hydrogen) atoms. The van der Waals surface area contributed by atoms with E-state index in [0.717, 1.165) is 12.1 Å². The van der Waals surface area contributed by atoms with E-state index in [4.69, 9.17) is 0 Å². The minimum absolute atomic E-state index is 0. The zero-order valence-corrected chi connectivity index (χ0v) is 18.2. The second-order valence-electron chi connectivity index (χ2n) is 4.30. The summed E-state index contributed by atoms with van der Waals surface area (Å²) < 4.78 is 67.1. The molecule has 2 aromatic carbocycles. The van der Waals surface area contributed by atoms with E-state index in [-0.39, 0.29) is 76.7 Å². The van der Waals surface area contributed by atoms with Crippen LogP contribution in [0.15, 0.2) is 58.3 Å². The van der Waals surface area contributed by atoms with Gasteiger partial charge in [0.05, 0.1) is 9.79 Å². The molecular formula is C13H10Na2O6S2. The van der Waals surface area contributed by atoms with Crippen LogP contribution in [-0.2, 0) is 26.7 Å². The standard InChI is InChI=1S/C13H12O6S2.2Na/c14-20(15,16)12-7-3-1-5-10(12)9-11-6-2-4-8-13(11)21(17,18)19;;/h1-8H,9H2,(H,14,15,16)(H,17,18,19);;/q;2*+1/p-2. The van der Waals surface area contributed by atoms with Crippen molar-refractivity contribution in [1.29, 1.82) is 0 Å². The molecule has 2 rings (SSSR count). The summed E-state index contributed by atoms with van der Waals surface area (Å²) >= 11 is 0. The minimum atomic E-state index is -4.68. The summed E-state index contributed by atoms with van der Waals surface area (Å²) in [4.78, 5) is -0.855. The molecule has 10 heteroatoms. The van der Waals surface area contributed by atoms with Crippen molar-refractivity contribution in [3.63, 3.8) is 0 Å². The van der Waals surface area contributed by atoms with Crippen LogP contribution in [0.2, 0.25) is 0 Å². The maximum Gasteiger partial charge on any atom is 1.00 e.